The van der Waals surface area contributed by atoms with Gasteiger partial charge in [0.25, 0.3) is 0 Å². The lowest BCUT2D eigenvalue weighted by atomic mass is 9.81. The predicted octanol–water partition coefficient (Wildman–Crippen LogP) is 4.43. The molecule has 2 aromatic rings. The molecule has 0 radical (unpaired) electrons. The minimum Gasteiger partial charge on any atom is -0.462 e. The molecule has 0 aromatic carbocycles. The Labute approximate surface area is 172 Å². The van der Waals surface area contributed by atoms with Crippen LogP contribution in [0.5, 0.6) is 0 Å². The predicted molar refractivity (Wildman–Crippen MR) is 113 cm³/mol. The Hall–Kier alpha value is -2.63. The van der Waals surface area contributed by atoms with Crippen LogP contribution in [0.15, 0.2) is 24.3 Å². The van der Waals surface area contributed by atoms with Crippen LogP contribution >= 0.6 is 0 Å². The second-order valence-electron chi connectivity index (χ2n) is 7.99. The van der Waals surface area contributed by atoms with Crippen LogP contribution in [0.2, 0.25) is 0 Å². The number of hydrogen-bond donors (Lipinski definition) is 1. The first-order valence-corrected chi connectivity index (χ1v) is 10.5. The number of carbonyl (C=O) groups excluding carboxylic acids is 2. The maximum absolute atomic E-state index is 12.6. The maximum Gasteiger partial charge on any atom is 0.339 e. The SMILES string of the molecule is CCOC(=O)c1cc(C)n(CC2CCC(C(=O)Nc3cccc(C)n3)CC2)c1C. The summed E-state index contributed by atoms with van der Waals surface area (Å²) in [5.41, 5.74) is 3.59. The van der Waals surface area contributed by atoms with E-state index >= 15 is 0 Å². The van der Waals surface area contributed by atoms with Crippen LogP contribution < -0.4 is 5.32 Å². The molecule has 2 heterocycles. The molecule has 0 saturated heterocycles. The second kappa shape index (κ2) is 9.25. The van der Waals surface area contributed by atoms with E-state index in [1.165, 1.54) is 0 Å². The molecule has 0 aliphatic heterocycles. The van der Waals surface area contributed by atoms with E-state index in [2.05, 4.69) is 14.9 Å². The quantitative estimate of drug-likeness (QED) is 0.732. The third kappa shape index (κ3) is 5.05. The lowest BCUT2D eigenvalue weighted by Crippen LogP contribution is -2.29. The number of pyridine rings is 1. The van der Waals surface area contributed by atoms with Gasteiger partial charge in [0.1, 0.15) is 5.82 Å². The normalized spacial score (nSPS) is 19.0. The number of aromatic nitrogens is 2. The monoisotopic (exact) mass is 397 g/mol. The van der Waals surface area contributed by atoms with E-state index in [9.17, 15) is 9.59 Å². The Morgan fingerprint density at radius 1 is 1.17 bits per heavy atom. The van der Waals surface area contributed by atoms with Gasteiger partial charge >= 0.3 is 5.97 Å². The molecule has 156 valence electrons. The molecule has 0 bridgehead atoms. The van der Waals surface area contributed by atoms with Gasteiger partial charge in [-0.25, -0.2) is 9.78 Å². The molecule has 1 N–H and O–H groups in total. The summed E-state index contributed by atoms with van der Waals surface area (Å²) in [6, 6.07) is 7.57. The van der Waals surface area contributed by atoms with Gasteiger partial charge in [-0.3, -0.25) is 4.79 Å². The molecule has 0 unspecified atom stereocenters. The van der Waals surface area contributed by atoms with Crippen molar-refractivity contribution in [1.29, 1.82) is 0 Å². The number of anilines is 1. The van der Waals surface area contributed by atoms with E-state index in [1.807, 2.05) is 52.0 Å². The van der Waals surface area contributed by atoms with Crippen LogP contribution in [0, 0.1) is 32.6 Å². The van der Waals surface area contributed by atoms with Crippen molar-refractivity contribution in [3.8, 4) is 0 Å². The minimum atomic E-state index is -0.253. The minimum absolute atomic E-state index is 0.0375. The standard InChI is InChI=1S/C23H31N3O3/c1-5-29-23(28)20-13-16(3)26(17(20)4)14-18-9-11-19(12-10-18)22(27)25-21-8-6-7-15(2)24-21/h6-8,13,18-19H,5,9-12,14H2,1-4H3,(H,24,25,27). The fourth-order valence-corrected chi connectivity index (χ4v) is 4.20. The molecule has 6 heteroatoms. The van der Waals surface area contributed by atoms with Gasteiger partial charge in [0.15, 0.2) is 0 Å². The highest BCUT2D eigenvalue weighted by Gasteiger charge is 2.28. The van der Waals surface area contributed by atoms with Crippen LogP contribution in [0.25, 0.3) is 0 Å². The van der Waals surface area contributed by atoms with Crippen molar-refractivity contribution in [3.63, 3.8) is 0 Å². The van der Waals surface area contributed by atoms with Crippen molar-refractivity contribution in [2.75, 3.05) is 11.9 Å². The highest BCUT2D eigenvalue weighted by atomic mass is 16.5. The number of aryl methyl sites for hydroxylation is 2. The molecular weight excluding hydrogens is 366 g/mol. The van der Waals surface area contributed by atoms with Gasteiger partial charge in [-0.15, -0.1) is 0 Å². The number of rotatable bonds is 6. The highest BCUT2D eigenvalue weighted by Crippen LogP contribution is 2.32. The Morgan fingerprint density at radius 2 is 1.90 bits per heavy atom. The van der Waals surface area contributed by atoms with E-state index in [0.29, 0.717) is 23.9 Å². The Balaban J connectivity index is 1.56. The van der Waals surface area contributed by atoms with Crippen molar-refractivity contribution < 1.29 is 14.3 Å². The first-order valence-electron chi connectivity index (χ1n) is 10.5. The molecule has 1 aliphatic carbocycles. The smallest absolute Gasteiger partial charge is 0.339 e. The number of ether oxygens (including phenoxy) is 1. The van der Waals surface area contributed by atoms with Crippen LogP contribution in [0.4, 0.5) is 5.82 Å². The number of esters is 1. The number of nitrogens with one attached hydrogen (secondary N) is 1. The summed E-state index contributed by atoms with van der Waals surface area (Å²) < 4.78 is 7.38. The van der Waals surface area contributed by atoms with Crippen molar-refractivity contribution in [3.05, 3.63) is 46.9 Å². The zero-order valence-corrected chi connectivity index (χ0v) is 17.8. The van der Waals surface area contributed by atoms with Crippen LogP contribution in [0.3, 0.4) is 0 Å². The third-order valence-corrected chi connectivity index (χ3v) is 5.87. The summed E-state index contributed by atoms with van der Waals surface area (Å²) in [4.78, 5) is 29.1. The average Bonchev–Trinajstić information content (AvgIpc) is 2.97. The Kier molecular flexibility index (Phi) is 6.72. The summed E-state index contributed by atoms with van der Waals surface area (Å²) in [5, 5.41) is 2.96. The highest BCUT2D eigenvalue weighted by molar-refractivity contribution is 5.92. The van der Waals surface area contributed by atoms with Gasteiger partial charge in [-0.2, -0.15) is 0 Å². The Morgan fingerprint density at radius 3 is 2.55 bits per heavy atom. The summed E-state index contributed by atoms with van der Waals surface area (Å²) in [7, 11) is 0. The number of hydrogen-bond acceptors (Lipinski definition) is 4. The van der Waals surface area contributed by atoms with Gasteiger partial charge in [-0.05, 0) is 77.5 Å². The molecule has 6 nitrogen and oxygen atoms in total. The first kappa shape index (κ1) is 21.1. The molecule has 1 amide bonds. The molecule has 1 aliphatic rings. The molecule has 0 atom stereocenters. The van der Waals surface area contributed by atoms with Crippen LogP contribution in [-0.4, -0.2) is 28.0 Å². The molecule has 1 fully saturated rings. The molecule has 2 aromatic heterocycles. The van der Waals surface area contributed by atoms with Crippen LogP contribution in [0.1, 0.15) is 60.0 Å². The molecule has 1 saturated carbocycles. The maximum atomic E-state index is 12.6. The fourth-order valence-electron chi connectivity index (χ4n) is 4.20. The van der Waals surface area contributed by atoms with Crippen molar-refractivity contribution in [2.45, 2.75) is 59.9 Å². The van der Waals surface area contributed by atoms with Crippen LogP contribution in [-0.2, 0) is 16.1 Å². The summed E-state index contributed by atoms with van der Waals surface area (Å²) in [6.45, 7) is 9.01. The molecule has 3 rings (SSSR count). The second-order valence-corrected chi connectivity index (χ2v) is 7.99. The van der Waals surface area contributed by atoms with E-state index in [1.54, 1.807) is 0 Å². The summed E-state index contributed by atoms with van der Waals surface area (Å²) >= 11 is 0. The van der Waals surface area contributed by atoms with E-state index in [0.717, 1.165) is 49.3 Å². The molecule has 0 spiro atoms. The van der Waals surface area contributed by atoms with Gasteiger partial charge in [0, 0.05) is 29.5 Å². The van der Waals surface area contributed by atoms with Crippen molar-refractivity contribution >= 4 is 17.7 Å². The number of carbonyl (C=O) groups is 2. The van der Waals surface area contributed by atoms with E-state index in [4.69, 9.17) is 4.74 Å². The average molecular weight is 398 g/mol. The fraction of sp³-hybridized carbons (Fsp3) is 0.522. The van der Waals surface area contributed by atoms with E-state index < -0.39 is 0 Å². The number of amides is 1. The number of nitrogens with zero attached hydrogens (tertiary/aromatic N) is 2. The topological polar surface area (TPSA) is 73.2 Å². The van der Waals surface area contributed by atoms with Gasteiger partial charge < -0.3 is 14.6 Å². The zero-order valence-electron chi connectivity index (χ0n) is 17.8. The van der Waals surface area contributed by atoms with Crippen molar-refractivity contribution in [1.82, 2.24) is 9.55 Å². The lowest BCUT2D eigenvalue weighted by molar-refractivity contribution is -0.121. The van der Waals surface area contributed by atoms with E-state index in [-0.39, 0.29) is 17.8 Å². The van der Waals surface area contributed by atoms with Crippen molar-refractivity contribution in [2.24, 2.45) is 11.8 Å². The first-order chi connectivity index (χ1) is 13.9. The third-order valence-electron chi connectivity index (χ3n) is 5.87. The zero-order chi connectivity index (χ0) is 21.0. The van der Waals surface area contributed by atoms with Gasteiger partial charge in [-0.1, -0.05) is 6.07 Å². The molecule has 29 heavy (non-hydrogen) atoms. The van der Waals surface area contributed by atoms with Gasteiger partial charge in [0.2, 0.25) is 5.91 Å². The summed E-state index contributed by atoms with van der Waals surface area (Å²) in [5.74, 6) is 0.991. The largest absolute Gasteiger partial charge is 0.462 e. The lowest BCUT2D eigenvalue weighted by Gasteiger charge is -2.28. The summed E-state index contributed by atoms with van der Waals surface area (Å²) in [6.07, 6.45) is 3.77. The molecular formula is C23H31N3O3. The Bertz CT molecular complexity index is 879. The van der Waals surface area contributed by atoms with Gasteiger partial charge in [0.05, 0.1) is 12.2 Å².